The summed E-state index contributed by atoms with van der Waals surface area (Å²) in [5, 5.41) is 15.7. The maximum atomic E-state index is 12.8. The first-order chi connectivity index (χ1) is 10.1. The van der Waals surface area contributed by atoms with Crippen LogP contribution in [0.4, 0.5) is 4.39 Å². The van der Waals surface area contributed by atoms with E-state index in [0.717, 1.165) is 25.9 Å². The minimum absolute atomic E-state index is 0.0609. The Morgan fingerprint density at radius 3 is 2.71 bits per heavy atom. The van der Waals surface area contributed by atoms with Gasteiger partial charge >= 0.3 is 0 Å². The van der Waals surface area contributed by atoms with E-state index in [2.05, 4.69) is 22.5 Å². The Hall–Kier alpha value is -1.90. The lowest BCUT2D eigenvalue weighted by atomic mass is 9.99. The van der Waals surface area contributed by atoms with Crippen molar-refractivity contribution in [2.75, 3.05) is 19.6 Å². The molecule has 3 N–H and O–H groups in total. The predicted octanol–water partition coefficient (Wildman–Crippen LogP) is 0.978. The van der Waals surface area contributed by atoms with Crippen molar-refractivity contribution in [3.05, 3.63) is 35.6 Å². The summed E-state index contributed by atoms with van der Waals surface area (Å²) >= 11 is 0. The number of aliphatic hydroxyl groups is 1. The molecule has 112 valence electrons. The molecule has 0 aromatic heterocycles. The second-order valence-electron chi connectivity index (χ2n) is 5.07. The van der Waals surface area contributed by atoms with Crippen molar-refractivity contribution >= 4 is 5.91 Å². The summed E-state index contributed by atoms with van der Waals surface area (Å²) in [6.45, 7) is 1.93. The summed E-state index contributed by atoms with van der Waals surface area (Å²) in [6.07, 6.45) is 1.05. The van der Waals surface area contributed by atoms with E-state index in [1.165, 1.54) is 24.3 Å². The maximum Gasteiger partial charge on any atom is 0.295 e. The highest BCUT2D eigenvalue weighted by Gasteiger charge is 2.11. The first-order valence-electron chi connectivity index (χ1n) is 7.09. The summed E-state index contributed by atoms with van der Waals surface area (Å²) in [6, 6.07) is 5.54. The normalized spacial score (nSPS) is 16.7. The molecule has 1 heterocycles. The van der Waals surface area contributed by atoms with E-state index in [9.17, 15) is 14.3 Å². The number of benzene rings is 1. The molecule has 2 rings (SSSR count). The lowest BCUT2D eigenvalue weighted by molar-refractivity contribution is -0.116. The van der Waals surface area contributed by atoms with Crippen molar-refractivity contribution in [2.24, 2.45) is 5.92 Å². The van der Waals surface area contributed by atoms with Crippen LogP contribution in [0, 0.1) is 23.6 Å². The van der Waals surface area contributed by atoms with Crippen LogP contribution in [0.15, 0.2) is 24.3 Å². The molecule has 1 fully saturated rings. The number of hydrogen-bond donors (Lipinski definition) is 3. The van der Waals surface area contributed by atoms with Gasteiger partial charge in [0, 0.05) is 12.5 Å². The second-order valence-corrected chi connectivity index (χ2v) is 5.07. The number of hydrogen-bond acceptors (Lipinski definition) is 3. The minimum atomic E-state index is -0.866. The number of rotatable bonds is 3. The summed E-state index contributed by atoms with van der Waals surface area (Å²) in [5.74, 6) is 5.04. The largest absolute Gasteiger partial charge is 0.387 e. The van der Waals surface area contributed by atoms with Crippen LogP contribution in [0.5, 0.6) is 0 Å². The van der Waals surface area contributed by atoms with Gasteiger partial charge in [-0.25, -0.2) is 4.39 Å². The van der Waals surface area contributed by atoms with E-state index in [-0.39, 0.29) is 18.3 Å². The summed E-state index contributed by atoms with van der Waals surface area (Å²) in [4.78, 5) is 11.6. The Kier molecular flexibility index (Phi) is 5.73. The molecule has 0 bridgehead atoms. The van der Waals surface area contributed by atoms with Gasteiger partial charge in [-0.1, -0.05) is 18.1 Å². The van der Waals surface area contributed by atoms with E-state index in [4.69, 9.17) is 0 Å². The fraction of sp³-hybridized carbons (Fsp3) is 0.438. The van der Waals surface area contributed by atoms with Crippen LogP contribution in [-0.4, -0.2) is 30.6 Å². The number of amides is 1. The molecule has 21 heavy (non-hydrogen) atoms. The van der Waals surface area contributed by atoms with Gasteiger partial charge in [-0.05, 0) is 49.5 Å². The van der Waals surface area contributed by atoms with Crippen molar-refractivity contribution in [1.29, 1.82) is 0 Å². The van der Waals surface area contributed by atoms with E-state index in [1.54, 1.807) is 0 Å². The van der Waals surface area contributed by atoms with Gasteiger partial charge in [0.25, 0.3) is 5.91 Å². The number of piperidine rings is 1. The number of carbonyl (C=O) groups is 1. The lowest BCUT2D eigenvalue weighted by Crippen LogP contribution is -2.28. The standard InChI is InChI=1S/C16H19FN2O2/c17-14-4-2-13(3-5-14)15(20)11-19-16(21)6-1-12-7-9-18-10-8-12/h2-5,12,15,18,20H,7-11H2,(H,19,21). The third-order valence-corrected chi connectivity index (χ3v) is 3.44. The zero-order chi connectivity index (χ0) is 15.1. The molecular formula is C16H19FN2O2. The van der Waals surface area contributed by atoms with Crippen LogP contribution in [0.1, 0.15) is 24.5 Å². The van der Waals surface area contributed by atoms with Crippen LogP contribution in [0.3, 0.4) is 0 Å². The Labute approximate surface area is 123 Å². The Bertz CT molecular complexity index is 527. The third-order valence-electron chi connectivity index (χ3n) is 3.44. The molecule has 0 spiro atoms. The van der Waals surface area contributed by atoms with Crippen molar-refractivity contribution < 1.29 is 14.3 Å². The average molecular weight is 290 g/mol. The van der Waals surface area contributed by atoms with Crippen LogP contribution in [0.2, 0.25) is 0 Å². The highest BCUT2D eigenvalue weighted by Crippen LogP contribution is 2.12. The monoisotopic (exact) mass is 290 g/mol. The first-order valence-corrected chi connectivity index (χ1v) is 7.09. The predicted molar refractivity (Wildman–Crippen MR) is 77.7 cm³/mol. The first kappa shape index (κ1) is 15.5. The molecule has 5 heteroatoms. The molecule has 1 aromatic carbocycles. The molecule has 1 aliphatic rings. The smallest absolute Gasteiger partial charge is 0.295 e. The zero-order valence-corrected chi connectivity index (χ0v) is 11.7. The summed E-state index contributed by atoms with van der Waals surface area (Å²) < 4.78 is 12.8. The fourth-order valence-electron chi connectivity index (χ4n) is 2.17. The molecule has 1 atom stereocenters. The number of carbonyl (C=O) groups excluding carboxylic acids is 1. The van der Waals surface area contributed by atoms with Gasteiger partial charge in [-0.15, -0.1) is 0 Å². The highest BCUT2D eigenvalue weighted by atomic mass is 19.1. The fourth-order valence-corrected chi connectivity index (χ4v) is 2.17. The van der Waals surface area contributed by atoms with E-state index < -0.39 is 12.0 Å². The zero-order valence-electron chi connectivity index (χ0n) is 11.7. The van der Waals surface area contributed by atoms with E-state index in [1.807, 2.05) is 0 Å². The number of nitrogens with one attached hydrogen (secondary N) is 2. The van der Waals surface area contributed by atoms with Gasteiger partial charge in [0.15, 0.2) is 0 Å². The quantitative estimate of drug-likeness (QED) is 0.727. The highest BCUT2D eigenvalue weighted by molar-refractivity contribution is 5.93. The van der Waals surface area contributed by atoms with Gasteiger partial charge in [0.2, 0.25) is 0 Å². The van der Waals surface area contributed by atoms with Crippen LogP contribution >= 0.6 is 0 Å². The Morgan fingerprint density at radius 2 is 2.05 bits per heavy atom. The molecule has 1 saturated heterocycles. The number of halogens is 1. The van der Waals surface area contributed by atoms with E-state index >= 15 is 0 Å². The average Bonchev–Trinajstić information content (AvgIpc) is 2.52. The molecule has 0 aliphatic carbocycles. The Morgan fingerprint density at radius 1 is 1.38 bits per heavy atom. The SMILES string of the molecule is O=C(C#CC1CCNCC1)NCC(O)c1ccc(F)cc1. The summed E-state index contributed by atoms with van der Waals surface area (Å²) in [7, 11) is 0. The van der Waals surface area contributed by atoms with Crippen molar-refractivity contribution in [2.45, 2.75) is 18.9 Å². The lowest BCUT2D eigenvalue weighted by Gasteiger charge is -2.17. The van der Waals surface area contributed by atoms with Crippen molar-refractivity contribution in [1.82, 2.24) is 10.6 Å². The number of aliphatic hydroxyl groups excluding tert-OH is 1. The van der Waals surface area contributed by atoms with E-state index in [0.29, 0.717) is 5.56 Å². The van der Waals surface area contributed by atoms with Gasteiger partial charge < -0.3 is 15.7 Å². The van der Waals surface area contributed by atoms with Crippen LogP contribution < -0.4 is 10.6 Å². The van der Waals surface area contributed by atoms with Crippen LogP contribution in [0.25, 0.3) is 0 Å². The second kappa shape index (κ2) is 7.77. The van der Waals surface area contributed by atoms with Crippen molar-refractivity contribution in [3.8, 4) is 11.8 Å². The molecule has 4 nitrogen and oxygen atoms in total. The molecule has 0 radical (unpaired) electrons. The minimum Gasteiger partial charge on any atom is -0.387 e. The van der Waals surface area contributed by atoms with Crippen molar-refractivity contribution in [3.63, 3.8) is 0 Å². The Balaban J connectivity index is 1.78. The van der Waals surface area contributed by atoms with Gasteiger partial charge in [-0.3, -0.25) is 4.79 Å². The third kappa shape index (κ3) is 5.18. The molecule has 0 saturated carbocycles. The summed E-state index contributed by atoms with van der Waals surface area (Å²) in [5.41, 5.74) is 0.558. The molecule has 1 amide bonds. The molecule has 1 aromatic rings. The maximum absolute atomic E-state index is 12.8. The topological polar surface area (TPSA) is 61.4 Å². The van der Waals surface area contributed by atoms with Gasteiger partial charge in [0.1, 0.15) is 5.82 Å². The van der Waals surface area contributed by atoms with Gasteiger partial charge in [-0.2, -0.15) is 0 Å². The van der Waals surface area contributed by atoms with Crippen LogP contribution in [-0.2, 0) is 4.79 Å². The molecule has 1 aliphatic heterocycles. The van der Waals surface area contributed by atoms with Gasteiger partial charge in [0.05, 0.1) is 6.10 Å². The molecule has 1 unspecified atom stereocenters. The molecular weight excluding hydrogens is 271 g/mol.